The van der Waals surface area contributed by atoms with Crippen LogP contribution in [0.4, 0.5) is 0 Å². The van der Waals surface area contributed by atoms with E-state index in [2.05, 4.69) is 16.3 Å². The van der Waals surface area contributed by atoms with E-state index in [0.29, 0.717) is 5.92 Å². The third-order valence-corrected chi connectivity index (χ3v) is 4.30. The molecule has 3 heterocycles. The standard InChI is InChI=1S/C14H17N3OS/c1-10-7-13(16-15-10)11-3-2-5-17(8-11)14(18)12-4-6-19-9-12/h4,6-7,9,11H,2-3,5,8H2,1H3,(H,15,16). The van der Waals surface area contributed by atoms with Crippen molar-refractivity contribution in [3.8, 4) is 0 Å². The fourth-order valence-electron chi connectivity index (χ4n) is 2.62. The van der Waals surface area contributed by atoms with Gasteiger partial charge in [-0.2, -0.15) is 16.4 Å². The van der Waals surface area contributed by atoms with E-state index in [-0.39, 0.29) is 5.91 Å². The molecule has 3 rings (SSSR count). The number of nitrogens with zero attached hydrogens (tertiary/aromatic N) is 2. The van der Waals surface area contributed by atoms with Crippen LogP contribution >= 0.6 is 11.3 Å². The number of thiophene rings is 1. The van der Waals surface area contributed by atoms with Crippen LogP contribution in [-0.4, -0.2) is 34.1 Å². The molecule has 1 aliphatic heterocycles. The van der Waals surface area contributed by atoms with E-state index in [9.17, 15) is 4.79 Å². The number of carbonyl (C=O) groups is 1. The summed E-state index contributed by atoms with van der Waals surface area (Å²) in [5.41, 5.74) is 2.97. The number of amides is 1. The van der Waals surface area contributed by atoms with Crippen molar-refractivity contribution in [3.05, 3.63) is 39.8 Å². The molecular formula is C14H17N3OS. The molecule has 0 bridgehead atoms. The number of nitrogens with one attached hydrogen (secondary N) is 1. The number of aromatic nitrogens is 2. The van der Waals surface area contributed by atoms with Crippen LogP contribution in [-0.2, 0) is 0 Å². The Labute approximate surface area is 116 Å². The second-order valence-corrected chi connectivity index (χ2v) is 5.86. The summed E-state index contributed by atoms with van der Waals surface area (Å²) < 4.78 is 0. The predicted octanol–water partition coefficient (Wildman–Crippen LogP) is 2.80. The van der Waals surface area contributed by atoms with Crippen LogP contribution in [0.3, 0.4) is 0 Å². The number of H-pyrrole nitrogens is 1. The van der Waals surface area contributed by atoms with Gasteiger partial charge in [-0.1, -0.05) is 0 Å². The van der Waals surface area contributed by atoms with Gasteiger partial charge in [-0.15, -0.1) is 0 Å². The first-order chi connectivity index (χ1) is 9.24. The summed E-state index contributed by atoms with van der Waals surface area (Å²) in [7, 11) is 0. The Morgan fingerprint density at radius 1 is 1.58 bits per heavy atom. The molecule has 5 heteroatoms. The van der Waals surface area contributed by atoms with E-state index >= 15 is 0 Å². The second-order valence-electron chi connectivity index (χ2n) is 5.08. The van der Waals surface area contributed by atoms with Gasteiger partial charge in [-0.3, -0.25) is 9.89 Å². The average Bonchev–Trinajstić information content (AvgIpc) is 3.09. The molecule has 1 amide bonds. The van der Waals surface area contributed by atoms with Crippen LogP contribution in [0, 0.1) is 6.92 Å². The molecule has 0 spiro atoms. The summed E-state index contributed by atoms with van der Waals surface area (Å²) in [6.07, 6.45) is 2.16. The monoisotopic (exact) mass is 275 g/mol. The van der Waals surface area contributed by atoms with E-state index in [1.165, 1.54) is 0 Å². The molecule has 19 heavy (non-hydrogen) atoms. The van der Waals surface area contributed by atoms with E-state index in [0.717, 1.165) is 42.9 Å². The number of likely N-dealkylation sites (tertiary alicyclic amines) is 1. The lowest BCUT2D eigenvalue weighted by molar-refractivity contribution is 0.0706. The minimum absolute atomic E-state index is 0.151. The smallest absolute Gasteiger partial charge is 0.254 e. The lowest BCUT2D eigenvalue weighted by atomic mass is 9.94. The van der Waals surface area contributed by atoms with Crippen LogP contribution in [0.5, 0.6) is 0 Å². The summed E-state index contributed by atoms with van der Waals surface area (Å²) >= 11 is 1.57. The molecule has 2 aromatic heterocycles. The Kier molecular flexibility index (Phi) is 3.38. The Morgan fingerprint density at radius 3 is 3.16 bits per heavy atom. The van der Waals surface area contributed by atoms with Crippen molar-refractivity contribution in [1.82, 2.24) is 15.1 Å². The van der Waals surface area contributed by atoms with Gasteiger partial charge in [0.25, 0.3) is 5.91 Å². The van der Waals surface area contributed by atoms with E-state index < -0.39 is 0 Å². The fourth-order valence-corrected chi connectivity index (χ4v) is 3.25. The van der Waals surface area contributed by atoms with Gasteiger partial charge in [0.1, 0.15) is 0 Å². The van der Waals surface area contributed by atoms with Crippen molar-refractivity contribution in [1.29, 1.82) is 0 Å². The highest BCUT2D eigenvalue weighted by atomic mass is 32.1. The maximum absolute atomic E-state index is 12.3. The van der Waals surface area contributed by atoms with Crippen molar-refractivity contribution in [3.63, 3.8) is 0 Å². The molecule has 0 aromatic carbocycles. The zero-order valence-corrected chi connectivity index (χ0v) is 11.7. The normalized spacial score (nSPS) is 19.6. The first kappa shape index (κ1) is 12.4. The van der Waals surface area contributed by atoms with Crippen molar-refractivity contribution in [2.24, 2.45) is 0 Å². The van der Waals surface area contributed by atoms with Gasteiger partial charge < -0.3 is 4.90 Å². The fraction of sp³-hybridized carbons (Fsp3) is 0.429. The zero-order valence-electron chi connectivity index (χ0n) is 10.9. The van der Waals surface area contributed by atoms with Gasteiger partial charge in [0, 0.05) is 30.1 Å². The minimum Gasteiger partial charge on any atom is -0.338 e. The molecule has 1 saturated heterocycles. The maximum atomic E-state index is 12.3. The number of hydrogen-bond donors (Lipinski definition) is 1. The lowest BCUT2D eigenvalue weighted by Crippen LogP contribution is -2.39. The Hall–Kier alpha value is -1.62. The number of aryl methyl sites for hydroxylation is 1. The van der Waals surface area contributed by atoms with Crippen LogP contribution < -0.4 is 0 Å². The molecule has 4 nitrogen and oxygen atoms in total. The first-order valence-corrected chi connectivity index (χ1v) is 7.51. The summed E-state index contributed by atoms with van der Waals surface area (Å²) in [6.45, 7) is 3.64. The van der Waals surface area contributed by atoms with Gasteiger partial charge in [-0.05, 0) is 37.3 Å². The minimum atomic E-state index is 0.151. The molecule has 1 atom stereocenters. The van der Waals surface area contributed by atoms with E-state index in [1.54, 1.807) is 11.3 Å². The summed E-state index contributed by atoms with van der Waals surface area (Å²) in [5, 5.41) is 11.2. The van der Waals surface area contributed by atoms with Crippen molar-refractivity contribution in [2.45, 2.75) is 25.7 Å². The van der Waals surface area contributed by atoms with E-state index in [1.807, 2.05) is 28.7 Å². The molecule has 100 valence electrons. The van der Waals surface area contributed by atoms with Crippen LogP contribution in [0.25, 0.3) is 0 Å². The molecule has 1 unspecified atom stereocenters. The molecule has 0 saturated carbocycles. The zero-order chi connectivity index (χ0) is 13.2. The van der Waals surface area contributed by atoms with Crippen molar-refractivity contribution < 1.29 is 4.79 Å². The summed E-state index contributed by atoms with van der Waals surface area (Å²) in [6, 6.07) is 3.98. The lowest BCUT2D eigenvalue weighted by Gasteiger charge is -2.31. The van der Waals surface area contributed by atoms with Crippen molar-refractivity contribution >= 4 is 17.2 Å². The third kappa shape index (κ3) is 2.56. The highest BCUT2D eigenvalue weighted by molar-refractivity contribution is 7.08. The van der Waals surface area contributed by atoms with Crippen LogP contribution in [0.15, 0.2) is 22.9 Å². The highest BCUT2D eigenvalue weighted by Gasteiger charge is 2.26. The Balaban J connectivity index is 1.73. The number of aromatic amines is 1. The predicted molar refractivity (Wildman–Crippen MR) is 75.5 cm³/mol. The largest absolute Gasteiger partial charge is 0.338 e. The molecule has 1 N–H and O–H groups in total. The van der Waals surface area contributed by atoms with Crippen molar-refractivity contribution in [2.75, 3.05) is 13.1 Å². The third-order valence-electron chi connectivity index (χ3n) is 3.62. The van der Waals surface area contributed by atoms with Gasteiger partial charge in [0.05, 0.1) is 11.3 Å². The number of hydrogen-bond acceptors (Lipinski definition) is 3. The number of carbonyl (C=O) groups excluding carboxylic acids is 1. The van der Waals surface area contributed by atoms with Crippen LogP contribution in [0.1, 0.15) is 40.5 Å². The molecule has 0 aliphatic carbocycles. The summed E-state index contributed by atoms with van der Waals surface area (Å²) in [4.78, 5) is 14.3. The van der Waals surface area contributed by atoms with Gasteiger partial charge in [0.15, 0.2) is 0 Å². The van der Waals surface area contributed by atoms with Gasteiger partial charge in [-0.25, -0.2) is 0 Å². The molecule has 1 fully saturated rings. The molecule has 1 aliphatic rings. The highest BCUT2D eigenvalue weighted by Crippen LogP contribution is 2.27. The van der Waals surface area contributed by atoms with Crippen LogP contribution in [0.2, 0.25) is 0 Å². The van der Waals surface area contributed by atoms with Gasteiger partial charge in [0.2, 0.25) is 0 Å². The summed E-state index contributed by atoms with van der Waals surface area (Å²) in [5.74, 6) is 0.513. The Morgan fingerprint density at radius 2 is 2.47 bits per heavy atom. The quantitative estimate of drug-likeness (QED) is 0.916. The maximum Gasteiger partial charge on any atom is 0.254 e. The molecular weight excluding hydrogens is 258 g/mol. The number of rotatable bonds is 2. The molecule has 0 radical (unpaired) electrons. The topological polar surface area (TPSA) is 49.0 Å². The molecule has 2 aromatic rings. The average molecular weight is 275 g/mol. The van der Waals surface area contributed by atoms with Gasteiger partial charge >= 0.3 is 0 Å². The second kappa shape index (κ2) is 5.17. The first-order valence-electron chi connectivity index (χ1n) is 6.57. The Bertz CT molecular complexity index is 561. The SMILES string of the molecule is Cc1cc(C2CCCN(C(=O)c3ccsc3)C2)n[nH]1. The number of piperidine rings is 1. The van der Waals surface area contributed by atoms with E-state index in [4.69, 9.17) is 0 Å².